The quantitative estimate of drug-likeness (QED) is 0.198. The molecule has 5 rings (SSSR count). The standard InChI is InChI=1S/C35H47ClN2O6S/c1-23(7-5-9-32(43-18-17-42-4)29-13-10-24(29)2)25(3)45(40,41)38-34(39)27-11-15-33-31(20-27)37-21-35(22-44-33)16-6-8-26-19-28(36)12-14-30(26)35/h5,9,11-12,14-15,19-20,23-25,29,32,37H,6-8,10,13,16-18,21-22H2,1-4H3,(H,38,39)/b9-5+/t23-,24+,25+,29+,32-,35-/m0/s1. The fourth-order valence-corrected chi connectivity index (χ4v) is 8.29. The molecule has 1 spiro atoms. The van der Waals surface area contributed by atoms with E-state index in [9.17, 15) is 13.2 Å². The number of amides is 1. The molecule has 0 saturated heterocycles. The van der Waals surface area contributed by atoms with E-state index in [1.807, 2.05) is 25.1 Å². The highest BCUT2D eigenvalue weighted by Crippen LogP contribution is 2.42. The van der Waals surface area contributed by atoms with Crippen molar-refractivity contribution in [2.45, 2.75) is 76.1 Å². The number of hydrogen-bond acceptors (Lipinski definition) is 7. The third-order valence-corrected chi connectivity index (χ3v) is 12.3. The van der Waals surface area contributed by atoms with Crippen LogP contribution in [0.2, 0.25) is 5.02 Å². The van der Waals surface area contributed by atoms with Crippen LogP contribution in [0, 0.1) is 17.8 Å². The monoisotopic (exact) mass is 658 g/mol. The maximum Gasteiger partial charge on any atom is 0.264 e. The average molecular weight is 659 g/mol. The Kier molecular flexibility index (Phi) is 10.8. The first kappa shape index (κ1) is 33.8. The van der Waals surface area contributed by atoms with Gasteiger partial charge < -0.3 is 19.5 Å². The summed E-state index contributed by atoms with van der Waals surface area (Å²) < 4.78 is 46.3. The predicted octanol–water partition coefficient (Wildman–Crippen LogP) is 6.53. The number of sulfonamides is 1. The van der Waals surface area contributed by atoms with E-state index in [1.54, 1.807) is 32.2 Å². The van der Waals surface area contributed by atoms with Crippen molar-refractivity contribution in [1.29, 1.82) is 0 Å². The van der Waals surface area contributed by atoms with E-state index in [0.717, 1.165) is 30.7 Å². The Morgan fingerprint density at radius 3 is 2.76 bits per heavy atom. The zero-order chi connectivity index (χ0) is 32.2. The maximum atomic E-state index is 13.3. The number of halogens is 1. The Hall–Kier alpha value is -2.59. The molecule has 2 aromatic carbocycles. The van der Waals surface area contributed by atoms with Crippen LogP contribution < -0.4 is 14.8 Å². The van der Waals surface area contributed by atoms with Crippen LogP contribution in [-0.4, -0.2) is 59.2 Å². The predicted molar refractivity (Wildman–Crippen MR) is 179 cm³/mol. The van der Waals surface area contributed by atoms with Crippen LogP contribution in [0.4, 0.5) is 5.69 Å². The summed E-state index contributed by atoms with van der Waals surface area (Å²) in [4.78, 5) is 13.2. The number of aryl methyl sites for hydroxylation is 1. The number of allylic oxidation sites excluding steroid dienone is 1. The van der Waals surface area contributed by atoms with Gasteiger partial charge in [-0.15, -0.1) is 0 Å². The summed E-state index contributed by atoms with van der Waals surface area (Å²) >= 11 is 6.27. The van der Waals surface area contributed by atoms with Gasteiger partial charge in [0.2, 0.25) is 10.0 Å². The van der Waals surface area contributed by atoms with Crippen molar-refractivity contribution in [3.8, 4) is 5.75 Å². The maximum absolute atomic E-state index is 13.3. The minimum Gasteiger partial charge on any atom is -0.490 e. The Bertz CT molecular complexity index is 1500. The summed E-state index contributed by atoms with van der Waals surface area (Å²) in [6, 6.07) is 11.1. The van der Waals surface area contributed by atoms with Gasteiger partial charge in [0.15, 0.2) is 0 Å². The fraction of sp³-hybridized carbons (Fsp3) is 0.571. The smallest absolute Gasteiger partial charge is 0.264 e. The topological polar surface area (TPSA) is 103 Å². The normalized spacial score (nSPS) is 24.7. The lowest BCUT2D eigenvalue weighted by Gasteiger charge is -2.38. The molecule has 10 heteroatoms. The van der Waals surface area contributed by atoms with Crippen molar-refractivity contribution in [3.05, 3.63) is 70.3 Å². The van der Waals surface area contributed by atoms with E-state index >= 15 is 0 Å². The number of benzene rings is 2. The lowest BCUT2D eigenvalue weighted by molar-refractivity contribution is -0.0283. The summed E-state index contributed by atoms with van der Waals surface area (Å²) in [5.74, 6) is 0.848. The molecule has 0 aromatic heterocycles. The molecule has 1 aliphatic heterocycles. The zero-order valence-electron chi connectivity index (χ0n) is 26.8. The minimum atomic E-state index is -3.93. The van der Waals surface area contributed by atoms with Gasteiger partial charge in [-0.25, -0.2) is 13.1 Å². The van der Waals surface area contributed by atoms with Gasteiger partial charge in [0.05, 0.1) is 36.9 Å². The van der Waals surface area contributed by atoms with Gasteiger partial charge in [0.1, 0.15) is 5.75 Å². The van der Waals surface area contributed by atoms with Gasteiger partial charge in [0.25, 0.3) is 5.91 Å². The first-order valence-corrected chi connectivity index (χ1v) is 18.1. The summed E-state index contributed by atoms with van der Waals surface area (Å²) in [7, 11) is -2.27. The van der Waals surface area contributed by atoms with Crippen LogP contribution in [0.15, 0.2) is 48.6 Å². The van der Waals surface area contributed by atoms with Crippen LogP contribution in [0.5, 0.6) is 5.75 Å². The first-order valence-electron chi connectivity index (χ1n) is 16.2. The number of hydrogen-bond donors (Lipinski definition) is 2. The molecule has 8 nitrogen and oxygen atoms in total. The Morgan fingerprint density at radius 1 is 1.20 bits per heavy atom. The third kappa shape index (κ3) is 7.70. The van der Waals surface area contributed by atoms with Crippen molar-refractivity contribution < 1.29 is 27.4 Å². The highest BCUT2D eigenvalue weighted by Gasteiger charge is 2.39. The number of ether oxygens (including phenoxy) is 3. The molecule has 3 aliphatic rings. The van der Waals surface area contributed by atoms with Gasteiger partial charge >= 0.3 is 0 Å². The molecule has 6 atom stereocenters. The van der Waals surface area contributed by atoms with Crippen molar-refractivity contribution in [2.24, 2.45) is 17.8 Å². The minimum absolute atomic E-state index is 0.00486. The van der Waals surface area contributed by atoms with Gasteiger partial charge in [-0.2, -0.15) is 0 Å². The van der Waals surface area contributed by atoms with Crippen LogP contribution >= 0.6 is 11.6 Å². The third-order valence-electron chi connectivity index (χ3n) is 10.2. The second kappa shape index (κ2) is 14.4. The molecule has 0 unspecified atom stereocenters. The Labute approximate surface area is 273 Å². The van der Waals surface area contributed by atoms with E-state index < -0.39 is 21.2 Å². The van der Waals surface area contributed by atoms with E-state index in [4.69, 9.17) is 25.8 Å². The molecule has 45 heavy (non-hydrogen) atoms. The number of nitrogens with one attached hydrogen (secondary N) is 2. The van der Waals surface area contributed by atoms with Gasteiger partial charge in [-0.05, 0) is 105 Å². The highest BCUT2D eigenvalue weighted by molar-refractivity contribution is 7.90. The summed E-state index contributed by atoms with van der Waals surface area (Å²) in [6.07, 6.45) is 9.96. The van der Waals surface area contributed by atoms with E-state index in [0.29, 0.717) is 56.1 Å². The molecule has 0 radical (unpaired) electrons. The van der Waals surface area contributed by atoms with Crippen LogP contribution in [-0.2, 0) is 31.3 Å². The van der Waals surface area contributed by atoms with Crippen molar-refractivity contribution in [3.63, 3.8) is 0 Å². The summed E-state index contributed by atoms with van der Waals surface area (Å²) in [5, 5.41) is 3.45. The molecule has 1 saturated carbocycles. The fourth-order valence-electron chi connectivity index (χ4n) is 6.81. The SMILES string of the molecule is COCCO[C@@H](/C=C/C[C@H](C)[C@@H](C)S(=O)(=O)NC(=O)c1ccc2c(c1)NC[C@@]1(CCCc3cc(Cl)ccc31)CO2)[C@@H]1CC[C@H]1C. The van der Waals surface area contributed by atoms with Gasteiger partial charge in [0, 0.05) is 29.7 Å². The lowest BCUT2D eigenvalue weighted by Crippen LogP contribution is -2.41. The van der Waals surface area contributed by atoms with E-state index in [1.165, 1.54) is 17.5 Å². The molecule has 2 N–H and O–H groups in total. The molecule has 1 amide bonds. The Balaban J connectivity index is 1.20. The van der Waals surface area contributed by atoms with Crippen molar-refractivity contribution in [1.82, 2.24) is 4.72 Å². The van der Waals surface area contributed by atoms with E-state index in [-0.39, 0.29) is 23.0 Å². The zero-order valence-corrected chi connectivity index (χ0v) is 28.4. The Morgan fingerprint density at radius 2 is 2.02 bits per heavy atom. The first-order chi connectivity index (χ1) is 21.5. The molecular formula is C35H47ClN2O6S. The van der Waals surface area contributed by atoms with Crippen LogP contribution in [0.25, 0.3) is 0 Å². The molecule has 0 bridgehead atoms. The highest BCUT2D eigenvalue weighted by atomic mass is 35.5. The number of rotatable bonds is 12. The number of carbonyl (C=O) groups is 1. The van der Waals surface area contributed by atoms with Crippen LogP contribution in [0.1, 0.15) is 74.4 Å². The lowest BCUT2D eigenvalue weighted by atomic mass is 9.70. The van der Waals surface area contributed by atoms with E-state index in [2.05, 4.69) is 29.1 Å². The van der Waals surface area contributed by atoms with Crippen LogP contribution in [0.3, 0.4) is 0 Å². The largest absolute Gasteiger partial charge is 0.490 e. The number of fused-ring (bicyclic) bond motifs is 3. The van der Waals surface area contributed by atoms with Gasteiger partial charge in [-0.3, -0.25) is 4.79 Å². The number of anilines is 1. The molecule has 1 heterocycles. The molecule has 246 valence electrons. The number of methoxy groups -OCH3 is 1. The summed E-state index contributed by atoms with van der Waals surface area (Å²) in [6.45, 7) is 7.98. The summed E-state index contributed by atoms with van der Waals surface area (Å²) in [5.41, 5.74) is 3.21. The number of carbonyl (C=O) groups excluding carboxylic acids is 1. The second-order valence-electron chi connectivity index (χ2n) is 13.2. The second-order valence-corrected chi connectivity index (χ2v) is 15.6. The molecular weight excluding hydrogens is 612 g/mol. The van der Waals surface area contributed by atoms with Crippen molar-refractivity contribution >= 4 is 33.2 Å². The van der Waals surface area contributed by atoms with Crippen molar-refractivity contribution in [2.75, 3.05) is 38.8 Å². The van der Waals surface area contributed by atoms with Gasteiger partial charge in [-0.1, -0.05) is 43.7 Å². The molecule has 2 aromatic rings. The molecule has 1 fully saturated rings. The molecule has 2 aliphatic carbocycles. The average Bonchev–Trinajstić information content (AvgIpc) is 3.19.